The Morgan fingerprint density at radius 1 is 1.07 bits per heavy atom. The third-order valence-corrected chi connectivity index (χ3v) is 5.58. The van der Waals surface area contributed by atoms with Gasteiger partial charge in [-0.15, -0.1) is 0 Å². The number of aromatic nitrogens is 1. The van der Waals surface area contributed by atoms with E-state index in [1.54, 1.807) is 67.8 Å². The fourth-order valence-corrected chi connectivity index (χ4v) is 4.00. The lowest BCUT2D eigenvalue weighted by Crippen LogP contribution is -2.28. The van der Waals surface area contributed by atoms with Crippen LogP contribution in [0.2, 0.25) is 0 Å². The molecule has 156 valence electrons. The minimum atomic E-state index is -3.83. The van der Waals surface area contributed by atoms with Crippen LogP contribution in [0.1, 0.15) is 11.1 Å². The fraction of sp³-hybridized carbons (Fsp3) is 0.143. The average Bonchev–Trinajstić information content (AvgIpc) is 2.74. The summed E-state index contributed by atoms with van der Waals surface area (Å²) in [5, 5.41) is 5.42. The molecule has 3 rings (SSSR count). The van der Waals surface area contributed by atoms with E-state index in [-0.39, 0.29) is 16.7 Å². The molecule has 0 atom stereocenters. The Bertz CT molecular complexity index is 1120. The highest BCUT2D eigenvalue weighted by Gasteiger charge is 2.20. The Morgan fingerprint density at radius 2 is 1.80 bits per heavy atom. The van der Waals surface area contributed by atoms with Crippen molar-refractivity contribution in [2.45, 2.75) is 18.4 Å². The van der Waals surface area contributed by atoms with Crippen molar-refractivity contribution in [3.8, 4) is 5.75 Å². The number of hydrogen-bond donors (Lipinski definition) is 3. The van der Waals surface area contributed by atoms with Gasteiger partial charge in [-0.2, -0.15) is 0 Å². The van der Waals surface area contributed by atoms with E-state index < -0.39 is 10.0 Å². The Labute approximate surface area is 175 Å². The number of rotatable bonds is 7. The van der Waals surface area contributed by atoms with Crippen LogP contribution in [-0.2, 0) is 16.6 Å². The second-order valence-electron chi connectivity index (χ2n) is 6.51. The van der Waals surface area contributed by atoms with Gasteiger partial charge in [0.2, 0.25) is 0 Å². The maximum atomic E-state index is 12.7. The van der Waals surface area contributed by atoms with E-state index in [0.717, 1.165) is 11.1 Å². The van der Waals surface area contributed by atoms with Crippen molar-refractivity contribution in [2.24, 2.45) is 0 Å². The van der Waals surface area contributed by atoms with Gasteiger partial charge in [0.15, 0.2) is 0 Å². The first-order chi connectivity index (χ1) is 14.4. The zero-order valence-electron chi connectivity index (χ0n) is 16.5. The van der Waals surface area contributed by atoms with Crippen LogP contribution in [0.15, 0.2) is 71.9 Å². The summed E-state index contributed by atoms with van der Waals surface area (Å²) in [6, 6.07) is 14.6. The molecule has 1 aromatic heterocycles. The normalized spacial score (nSPS) is 10.9. The van der Waals surface area contributed by atoms with Gasteiger partial charge in [0.1, 0.15) is 10.6 Å². The highest BCUT2D eigenvalue weighted by atomic mass is 32.2. The molecule has 0 aliphatic heterocycles. The van der Waals surface area contributed by atoms with Crippen LogP contribution in [0.3, 0.4) is 0 Å². The highest BCUT2D eigenvalue weighted by Crippen LogP contribution is 2.27. The molecule has 0 saturated carbocycles. The zero-order chi connectivity index (χ0) is 21.6. The number of carbonyl (C=O) groups excluding carboxylic acids is 1. The van der Waals surface area contributed by atoms with Crippen LogP contribution >= 0.6 is 0 Å². The van der Waals surface area contributed by atoms with Crippen molar-refractivity contribution in [2.75, 3.05) is 17.1 Å². The number of benzene rings is 2. The van der Waals surface area contributed by atoms with Gasteiger partial charge in [-0.05, 0) is 60.5 Å². The summed E-state index contributed by atoms with van der Waals surface area (Å²) in [6.45, 7) is 2.15. The number of sulfonamides is 1. The summed E-state index contributed by atoms with van der Waals surface area (Å²) in [4.78, 5) is 16.1. The molecule has 0 aliphatic rings. The molecule has 0 spiro atoms. The molecule has 3 aromatic rings. The lowest BCUT2D eigenvalue weighted by atomic mass is 10.2. The van der Waals surface area contributed by atoms with E-state index in [2.05, 4.69) is 20.3 Å². The first-order valence-corrected chi connectivity index (χ1v) is 10.6. The maximum absolute atomic E-state index is 12.7. The van der Waals surface area contributed by atoms with Crippen molar-refractivity contribution < 1.29 is 17.9 Å². The third-order valence-electron chi connectivity index (χ3n) is 4.18. The molecule has 1 heterocycles. The summed E-state index contributed by atoms with van der Waals surface area (Å²) >= 11 is 0. The Balaban J connectivity index is 1.63. The fourth-order valence-electron chi connectivity index (χ4n) is 2.69. The second kappa shape index (κ2) is 9.27. The predicted octanol–water partition coefficient (Wildman–Crippen LogP) is 3.52. The smallest absolute Gasteiger partial charge is 0.319 e. The number of ether oxygens (including phenoxy) is 1. The summed E-state index contributed by atoms with van der Waals surface area (Å²) in [5.74, 6) is 0.261. The van der Waals surface area contributed by atoms with Crippen LogP contribution < -0.4 is 20.1 Å². The monoisotopic (exact) mass is 426 g/mol. The number of hydrogen-bond acceptors (Lipinski definition) is 5. The lowest BCUT2D eigenvalue weighted by Gasteiger charge is -2.13. The van der Waals surface area contributed by atoms with Gasteiger partial charge in [-0.25, -0.2) is 13.2 Å². The Hall–Kier alpha value is -3.59. The van der Waals surface area contributed by atoms with Crippen LogP contribution in [0.4, 0.5) is 16.2 Å². The van der Waals surface area contributed by atoms with Gasteiger partial charge in [0, 0.05) is 30.3 Å². The summed E-state index contributed by atoms with van der Waals surface area (Å²) in [6.07, 6.45) is 3.33. The summed E-state index contributed by atoms with van der Waals surface area (Å²) < 4.78 is 33.2. The number of pyridine rings is 1. The molecule has 2 amide bonds. The number of nitrogens with zero attached hydrogens (tertiary/aromatic N) is 1. The third kappa shape index (κ3) is 5.48. The molecular formula is C21H22N4O4S. The minimum Gasteiger partial charge on any atom is -0.495 e. The van der Waals surface area contributed by atoms with E-state index in [1.165, 1.54) is 7.11 Å². The molecule has 0 unspecified atom stereocenters. The van der Waals surface area contributed by atoms with E-state index in [4.69, 9.17) is 4.74 Å². The summed E-state index contributed by atoms with van der Waals surface area (Å²) in [5.41, 5.74) is 2.56. The molecule has 8 nitrogen and oxygen atoms in total. The van der Waals surface area contributed by atoms with Gasteiger partial charge in [-0.1, -0.05) is 12.1 Å². The number of amides is 2. The number of urea groups is 1. The molecule has 3 N–H and O–H groups in total. The molecule has 0 radical (unpaired) electrons. The van der Waals surface area contributed by atoms with E-state index in [9.17, 15) is 13.2 Å². The van der Waals surface area contributed by atoms with Crippen LogP contribution in [0.5, 0.6) is 5.75 Å². The van der Waals surface area contributed by atoms with Gasteiger partial charge in [0.25, 0.3) is 10.0 Å². The quantitative estimate of drug-likeness (QED) is 0.536. The predicted molar refractivity (Wildman–Crippen MR) is 115 cm³/mol. The Kier molecular flexibility index (Phi) is 6.53. The van der Waals surface area contributed by atoms with Crippen LogP contribution in [0, 0.1) is 6.92 Å². The topological polar surface area (TPSA) is 109 Å². The first kappa shape index (κ1) is 21.1. The SMILES string of the molecule is COc1ccc(C)cc1S(=O)(=O)Nc1ccc(NC(=O)NCc2cccnc2)cc1. The lowest BCUT2D eigenvalue weighted by molar-refractivity contribution is 0.251. The number of nitrogens with one attached hydrogen (secondary N) is 3. The van der Waals surface area contributed by atoms with E-state index in [1.807, 2.05) is 6.07 Å². The number of anilines is 2. The Morgan fingerprint density at radius 3 is 2.47 bits per heavy atom. The molecule has 0 saturated heterocycles. The van der Waals surface area contributed by atoms with Crippen LogP contribution in [0.25, 0.3) is 0 Å². The van der Waals surface area contributed by atoms with Gasteiger partial charge < -0.3 is 15.4 Å². The highest BCUT2D eigenvalue weighted by molar-refractivity contribution is 7.92. The number of carbonyl (C=O) groups is 1. The van der Waals surface area contributed by atoms with Crippen molar-refractivity contribution in [1.82, 2.24) is 10.3 Å². The molecule has 0 bridgehead atoms. The molecular weight excluding hydrogens is 404 g/mol. The molecule has 30 heavy (non-hydrogen) atoms. The van der Waals surface area contributed by atoms with E-state index in [0.29, 0.717) is 17.9 Å². The van der Waals surface area contributed by atoms with Crippen molar-refractivity contribution in [3.63, 3.8) is 0 Å². The average molecular weight is 426 g/mol. The standard InChI is InChI=1S/C21H22N4O4S/c1-15-5-10-19(29-2)20(12-15)30(27,28)25-18-8-6-17(7-9-18)24-21(26)23-14-16-4-3-11-22-13-16/h3-13,25H,14H2,1-2H3,(H2,23,24,26). The zero-order valence-corrected chi connectivity index (χ0v) is 17.4. The van der Waals surface area contributed by atoms with Crippen LogP contribution in [-0.4, -0.2) is 26.5 Å². The van der Waals surface area contributed by atoms with Crippen molar-refractivity contribution >= 4 is 27.4 Å². The largest absolute Gasteiger partial charge is 0.495 e. The number of aryl methyl sites for hydroxylation is 1. The molecule has 0 aliphatic carbocycles. The minimum absolute atomic E-state index is 0.0574. The second-order valence-corrected chi connectivity index (χ2v) is 8.16. The van der Waals surface area contributed by atoms with Crippen molar-refractivity contribution in [3.05, 3.63) is 78.1 Å². The van der Waals surface area contributed by atoms with Crippen molar-refractivity contribution in [1.29, 1.82) is 0 Å². The van der Waals surface area contributed by atoms with E-state index >= 15 is 0 Å². The van der Waals surface area contributed by atoms with Gasteiger partial charge in [0.05, 0.1) is 7.11 Å². The number of methoxy groups -OCH3 is 1. The summed E-state index contributed by atoms with van der Waals surface area (Å²) in [7, 11) is -2.41. The maximum Gasteiger partial charge on any atom is 0.319 e. The molecule has 0 fully saturated rings. The van der Waals surface area contributed by atoms with Gasteiger partial charge in [-0.3, -0.25) is 9.71 Å². The molecule has 9 heteroatoms. The van der Waals surface area contributed by atoms with Gasteiger partial charge >= 0.3 is 6.03 Å². The first-order valence-electron chi connectivity index (χ1n) is 9.09. The molecule has 2 aromatic carbocycles.